The summed E-state index contributed by atoms with van der Waals surface area (Å²) in [6.07, 6.45) is 3.28. The fraction of sp³-hybridized carbons (Fsp3) is 0.571. The Hall–Kier alpha value is -1.34. The minimum atomic E-state index is -3.21. The van der Waals surface area contributed by atoms with Crippen LogP contribution in [0.5, 0.6) is 5.75 Å². The standard InChI is InChI=1S/C14H21FN2O3S/c1-20-12-8-10(5-6-11(12)15)17-14(9-16)7-3-4-13(14)21(2,18)19/h5-6,8,13,17H,3-4,7,9,16H2,1-2H3. The highest BCUT2D eigenvalue weighted by atomic mass is 32.2. The van der Waals surface area contributed by atoms with E-state index in [9.17, 15) is 12.8 Å². The molecular formula is C14H21FN2O3S. The Labute approximate surface area is 124 Å². The van der Waals surface area contributed by atoms with Crippen LogP contribution in [-0.2, 0) is 9.84 Å². The van der Waals surface area contributed by atoms with Crippen molar-refractivity contribution in [1.82, 2.24) is 0 Å². The third kappa shape index (κ3) is 3.13. The Morgan fingerprint density at radius 1 is 1.52 bits per heavy atom. The van der Waals surface area contributed by atoms with Gasteiger partial charge in [-0.25, -0.2) is 12.8 Å². The SMILES string of the molecule is COc1cc(NC2(CN)CCCC2S(C)(=O)=O)ccc1F. The monoisotopic (exact) mass is 316 g/mol. The molecule has 0 amide bonds. The van der Waals surface area contributed by atoms with E-state index in [2.05, 4.69) is 5.32 Å². The van der Waals surface area contributed by atoms with Crippen LogP contribution in [0, 0.1) is 5.82 Å². The van der Waals surface area contributed by atoms with Crippen molar-refractivity contribution < 1.29 is 17.5 Å². The highest BCUT2D eigenvalue weighted by Crippen LogP contribution is 2.37. The van der Waals surface area contributed by atoms with Crippen LogP contribution in [-0.4, -0.2) is 39.1 Å². The van der Waals surface area contributed by atoms with Gasteiger partial charge in [0.15, 0.2) is 21.4 Å². The van der Waals surface area contributed by atoms with Gasteiger partial charge in [0, 0.05) is 24.6 Å². The van der Waals surface area contributed by atoms with Crippen LogP contribution in [0.4, 0.5) is 10.1 Å². The van der Waals surface area contributed by atoms with E-state index in [-0.39, 0.29) is 12.3 Å². The lowest BCUT2D eigenvalue weighted by Crippen LogP contribution is -2.54. The van der Waals surface area contributed by atoms with Gasteiger partial charge in [-0.1, -0.05) is 0 Å². The molecule has 21 heavy (non-hydrogen) atoms. The number of hydrogen-bond acceptors (Lipinski definition) is 5. The number of methoxy groups -OCH3 is 1. The summed E-state index contributed by atoms with van der Waals surface area (Å²) in [5.74, 6) is -0.350. The Kier molecular flexibility index (Phi) is 4.43. The molecular weight excluding hydrogens is 295 g/mol. The molecule has 0 spiro atoms. The van der Waals surface area contributed by atoms with E-state index < -0.39 is 26.4 Å². The lowest BCUT2D eigenvalue weighted by molar-refractivity contribution is 0.386. The minimum Gasteiger partial charge on any atom is -0.494 e. The normalized spacial score (nSPS) is 25.8. The predicted octanol–water partition coefficient (Wildman–Crippen LogP) is 1.54. The van der Waals surface area contributed by atoms with Gasteiger partial charge in [-0.3, -0.25) is 0 Å². The minimum absolute atomic E-state index is 0.112. The molecule has 1 aliphatic rings. The highest BCUT2D eigenvalue weighted by molar-refractivity contribution is 7.91. The quantitative estimate of drug-likeness (QED) is 0.861. The summed E-state index contributed by atoms with van der Waals surface area (Å²) in [5, 5.41) is 2.68. The van der Waals surface area contributed by atoms with Crippen molar-refractivity contribution >= 4 is 15.5 Å². The van der Waals surface area contributed by atoms with Crippen LogP contribution in [0.3, 0.4) is 0 Å². The molecule has 5 nitrogen and oxygen atoms in total. The Morgan fingerprint density at radius 2 is 2.24 bits per heavy atom. The summed E-state index contributed by atoms with van der Waals surface area (Å²) in [4.78, 5) is 0. The topological polar surface area (TPSA) is 81.4 Å². The molecule has 118 valence electrons. The van der Waals surface area contributed by atoms with E-state index in [1.54, 1.807) is 6.07 Å². The third-order valence-corrected chi connectivity index (χ3v) is 5.85. The van der Waals surface area contributed by atoms with Gasteiger partial charge in [0.25, 0.3) is 0 Å². The summed E-state index contributed by atoms with van der Waals surface area (Å²) >= 11 is 0. The second kappa shape index (κ2) is 5.81. The molecule has 0 aromatic heterocycles. The van der Waals surface area contributed by atoms with Crippen LogP contribution < -0.4 is 15.8 Å². The second-order valence-electron chi connectivity index (χ2n) is 5.54. The van der Waals surface area contributed by atoms with Gasteiger partial charge >= 0.3 is 0 Å². The predicted molar refractivity (Wildman–Crippen MR) is 80.8 cm³/mol. The first-order chi connectivity index (χ1) is 9.82. The zero-order chi connectivity index (χ0) is 15.7. The number of rotatable bonds is 5. The van der Waals surface area contributed by atoms with Crippen LogP contribution >= 0.6 is 0 Å². The summed E-state index contributed by atoms with van der Waals surface area (Å²) in [7, 11) is -1.83. The van der Waals surface area contributed by atoms with Crippen molar-refractivity contribution in [2.24, 2.45) is 5.73 Å². The van der Waals surface area contributed by atoms with Crippen molar-refractivity contribution in [3.63, 3.8) is 0 Å². The maximum Gasteiger partial charge on any atom is 0.165 e. The van der Waals surface area contributed by atoms with Crippen molar-refractivity contribution in [3.05, 3.63) is 24.0 Å². The first-order valence-electron chi connectivity index (χ1n) is 6.83. The number of nitrogens with one attached hydrogen (secondary N) is 1. The van der Waals surface area contributed by atoms with E-state index in [0.717, 1.165) is 6.42 Å². The third-order valence-electron chi connectivity index (χ3n) is 4.13. The fourth-order valence-corrected chi connectivity index (χ4v) is 4.80. The molecule has 0 bridgehead atoms. The molecule has 1 aliphatic carbocycles. The average Bonchev–Trinajstić information content (AvgIpc) is 2.85. The van der Waals surface area contributed by atoms with Gasteiger partial charge in [0.2, 0.25) is 0 Å². The van der Waals surface area contributed by atoms with Crippen LogP contribution in [0.25, 0.3) is 0 Å². The van der Waals surface area contributed by atoms with E-state index >= 15 is 0 Å². The molecule has 2 rings (SSSR count). The summed E-state index contributed by atoms with van der Waals surface area (Å²) < 4.78 is 42.4. The first kappa shape index (κ1) is 16.0. The largest absolute Gasteiger partial charge is 0.494 e. The maximum absolute atomic E-state index is 13.5. The lowest BCUT2D eigenvalue weighted by atomic mass is 9.96. The van der Waals surface area contributed by atoms with Crippen LogP contribution in [0.2, 0.25) is 0 Å². The number of ether oxygens (including phenoxy) is 1. The van der Waals surface area contributed by atoms with Crippen molar-refractivity contribution in [2.75, 3.05) is 25.2 Å². The van der Waals surface area contributed by atoms with Crippen molar-refractivity contribution in [1.29, 1.82) is 0 Å². The smallest absolute Gasteiger partial charge is 0.165 e. The Balaban J connectivity index is 2.34. The second-order valence-corrected chi connectivity index (χ2v) is 7.77. The van der Waals surface area contributed by atoms with Gasteiger partial charge in [-0.15, -0.1) is 0 Å². The van der Waals surface area contributed by atoms with Gasteiger partial charge in [-0.2, -0.15) is 0 Å². The van der Waals surface area contributed by atoms with Gasteiger partial charge in [-0.05, 0) is 31.4 Å². The zero-order valence-corrected chi connectivity index (χ0v) is 13.0. The average molecular weight is 316 g/mol. The molecule has 0 heterocycles. The molecule has 1 aromatic rings. The molecule has 7 heteroatoms. The molecule has 0 saturated heterocycles. The van der Waals surface area contributed by atoms with E-state index in [0.29, 0.717) is 18.5 Å². The molecule has 0 radical (unpaired) electrons. The van der Waals surface area contributed by atoms with Gasteiger partial charge in [0.05, 0.1) is 17.9 Å². The highest BCUT2D eigenvalue weighted by Gasteiger charge is 2.47. The summed E-state index contributed by atoms with van der Waals surface area (Å²) in [6.45, 7) is 0.199. The van der Waals surface area contributed by atoms with E-state index in [1.807, 2.05) is 0 Å². The Bertz CT molecular complexity index is 621. The molecule has 1 fully saturated rings. The van der Waals surface area contributed by atoms with Gasteiger partial charge < -0.3 is 15.8 Å². The number of benzene rings is 1. The number of nitrogens with two attached hydrogens (primary N) is 1. The number of sulfone groups is 1. The van der Waals surface area contributed by atoms with Crippen LogP contribution in [0.15, 0.2) is 18.2 Å². The molecule has 2 atom stereocenters. The molecule has 1 saturated carbocycles. The fourth-order valence-electron chi connectivity index (χ4n) is 3.12. The molecule has 3 N–H and O–H groups in total. The maximum atomic E-state index is 13.5. The molecule has 1 aromatic carbocycles. The molecule has 2 unspecified atom stereocenters. The van der Waals surface area contributed by atoms with Crippen LogP contribution in [0.1, 0.15) is 19.3 Å². The zero-order valence-electron chi connectivity index (χ0n) is 12.2. The van der Waals surface area contributed by atoms with E-state index in [4.69, 9.17) is 10.5 Å². The number of halogens is 1. The van der Waals surface area contributed by atoms with Crippen molar-refractivity contribution in [3.8, 4) is 5.75 Å². The molecule has 0 aliphatic heterocycles. The van der Waals surface area contributed by atoms with Gasteiger partial charge in [0.1, 0.15) is 0 Å². The summed E-state index contributed by atoms with van der Waals surface area (Å²) in [5.41, 5.74) is 5.77. The Morgan fingerprint density at radius 3 is 2.81 bits per heavy atom. The lowest BCUT2D eigenvalue weighted by Gasteiger charge is -2.35. The first-order valence-corrected chi connectivity index (χ1v) is 8.78. The van der Waals surface area contributed by atoms with Crippen molar-refractivity contribution in [2.45, 2.75) is 30.1 Å². The van der Waals surface area contributed by atoms with E-state index in [1.165, 1.54) is 25.5 Å². The summed E-state index contributed by atoms with van der Waals surface area (Å²) in [6, 6.07) is 4.37. The number of hydrogen-bond donors (Lipinski definition) is 2. The number of anilines is 1.